The van der Waals surface area contributed by atoms with Gasteiger partial charge in [0.2, 0.25) is 5.13 Å². The molecule has 0 fully saturated rings. The maximum Gasteiger partial charge on any atom is 0.420 e. The first-order chi connectivity index (χ1) is 12.6. The average molecular weight is 384 g/mol. The van der Waals surface area contributed by atoms with Crippen molar-refractivity contribution in [2.24, 2.45) is 0 Å². The fourth-order valence-electron chi connectivity index (χ4n) is 2.84. The van der Waals surface area contributed by atoms with E-state index in [0.717, 1.165) is 26.7 Å². The largest absolute Gasteiger partial charge is 0.420 e. The molecule has 0 amide bonds. The quantitative estimate of drug-likeness (QED) is 0.511. The van der Waals surface area contributed by atoms with Gasteiger partial charge in [0, 0.05) is 16.4 Å². The van der Waals surface area contributed by atoms with Crippen molar-refractivity contribution >= 4 is 39.7 Å². The minimum absolute atomic E-state index is 0.109. The number of anilines is 1. The van der Waals surface area contributed by atoms with Crippen molar-refractivity contribution in [2.45, 2.75) is 24.8 Å². The molecule has 1 N–H and O–H groups in total. The van der Waals surface area contributed by atoms with Crippen molar-refractivity contribution in [2.75, 3.05) is 4.72 Å². The third-order valence-corrected chi connectivity index (χ3v) is 5.85. The van der Waals surface area contributed by atoms with Gasteiger partial charge in [0.25, 0.3) is 0 Å². The summed E-state index contributed by atoms with van der Waals surface area (Å²) in [5.41, 5.74) is 3.48. The van der Waals surface area contributed by atoms with E-state index in [0.29, 0.717) is 5.58 Å². The Morgan fingerprint density at radius 2 is 2.08 bits per heavy atom. The molecule has 4 aromatic rings. The Balaban J connectivity index is 1.71. The molecule has 0 aliphatic heterocycles. The van der Waals surface area contributed by atoms with Crippen LogP contribution < -0.4 is 10.5 Å². The predicted molar refractivity (Wildman–Crippen MR) is 105 cm³/mol. The van der Waals surface area contributed by atoms with Crippen molar-refractivity contribution < 1.29 is 4.42 Å². The lowest BCUT2D eigenvalue weighted by molar-refractivity contribution is 0.489. The lowest BCUT2D eigenvalue weighted by Gasteiger charge is -2.13. The van der Waals surface area contributed by atoms with E-state index < -0.39 is 0 Å². The lowest BCUT2D eigenvalue weighted by atomic mass is 10.1. The number of aromatic nitrogens is 3. The van der Waals surface area contributed by atoms with Gasteiger partial charge in [0.1, 0.15) is 6.33 Å². The van der Waals surface area contributed by atoms with Crippen LogP contribution in [0.25, 0.3) is 11.1 Å². The Kier molecular flexibility index (Phi) is 4.52. The second-order valence-corrected chi connectivity index (χ2v) is 7.49. The Morgan fingerprint density at radius 3 is 2.81 bits per heavy atom. The van der Waals surface area contributed by atoms with E-state index in [1.54, 1.807) is 4.57 Å². The van der Waals surface area contributed by atoms with E-state index in [1.165, 1.54) is 29.8 Å². The first kappa shape index (κ1) is 16.9. The summed E-state index contributed by atoms with van der Waals surface area (Å²) in [4.78, 5) is 17.5. The van der Waals surface area contributed by atoms with Crippen LogP contribution >= 0.6 is 23.5 Å². The Hall–Kier alpha value is -2.58. The number of oxazole rings is 1. The van der Waals surface area contributed by atoms with Gasteiger partial charge in [-0.3, -0.25) is 4.57 Å². The third kappa shape index (κ3) is 3.13. The molecule has 0 aliphatic carbocycles. The van der Waals surface area contributed by atoms with Gasteiger partial charge < -0.3 is 9.14 Å². The number of fused-ring (bicyclic) bond motifs is 1. The van der Waals surface area contributed by atoms with Crippen LogP contribution in [0.5, 0.6) is 0 Å². The molecule has 2 aromatic heterocycles. The summed E-state index contributed by atoms with van der Waals surface area (Å²) < 4.78 is 14.3. The molecule has 4 rings (SSSR count). The van der Waals surface area contributed by atoms with Crippen LogP contribution in [0.15, 0.2) is 62.9 Å². The van der Waals surface area contributed by atoms with E-state index in [9.17, 15) is 4.79 Å². The number of rotatable bonds is 5. The molecule has 26 heavy (non-hydrogen) atoms. The molecule has 0 saturated carbocycles. The molecule has 132 valence electrons. The van der Waals surface area contributed by atoms with E-state index in [4.69, 9.17) is 4.42 Å². The van der Waals surface area contributed by atoms with Crippen molar-refractivity contribution in [1.82, 2.24) is 13.9 Å². The monoisotopic (exact) mass is 384 g/mol. The Labute approximate surface area is 158 Å². The minimum Gasteiger partial charge on any atom is -0.408 e. The highest BCUT2D eigenvalue weighted by molar-refractivity contribution is 8.00. The maximum atomic E-state index is 12.5. The highest BCUT2D eigenvalue weighted by Gasteiger charge is 2.18. The standard InChI is InChI=1S/C18H16N4O2S2/c1-11-8-14-15(9-16(11)25-21-17-19-10-20-26-17)24-18(23)22(14)12(2)13-6-4-3-5-7-13/h3-10,12H,1-2H3,(H,19,20,21). The highest BCUT2D eigenvalue weighted by atomic mass is 32.2. The normalized spacial score (nSPS) is 12.4. The molecule has 0 bridgehead atoms. The molecule has 6 nitrogen and oxygen atoms in total. The lowest BCUT2D eigenvalue weighted by Crippen LogP contribution is -2.19. The SMILES string of the molecule is Cc1cc2c(cc1SNc1ncns1)oc(=O)n2C(C)c1ccccc1. The van der Waals surface area contributed by atoms with Gasteiger partial charge in [-0.1, -0.05) is 30.3 Å². The molecule has 2 aromatic carbocycles. The smallest absolute Gasteiger partial charge is 0.408 e. The number of benzene rings is 2. The summed E-state index contributed by atoms with van der Waals surface area (Å²) in [6.07, 6.45) is 1.51. The van der Waals surface area contributed by atoms with Crippen LogP contribution in [0.1, 0.15) is 24.1 Å². The van der Waals surface area contributed by atoms with Crippen molar-refractivity contribution in [3.63, 3.8) is 0 Å². The van der Waals surface area contributed by atoms with Crippen molar-refractivity contribution in [3.8, 4) is 0 Å². The molecule has 0 aliphatic rings. The van der Waals surface area contributed by atoms with Gasteiger partial charge in [-0.15, -0.1) is 0 Å². The molecule has 0 saturated heterocycles. The zero-order valence-corrected chi connectivity index (χ0v) is 15.8. The first-order valence-electron chi connectivity index (χ1n) is 8.03. The molecular formula is C18H16N4O2S2. The Morgan fingerprint density at radius 1 is 1.27 bits per heavy atom. The molecule has 1 unspecified atom stereocenters. The predicted octanol–water partition coefficient (Wildman–Crippen LogP) is 4.48. The van der Waals surface area contributed by atoms with Crippen molar-refractivity contribution in [3.05, 3.63) is 70.5 Å². The van der Waals surface area contributed by atoms with E-state index >= 15 is 0 Å². The minimum atomic E-state index is -0.352. The maximum absolute atomic E-state index is 12.5. The van der Waals surface area contributed by atoms with Crippen LogP contribution in [0.4, 0.5) is 5.13 Å². The molecular weight excluding hydrogens is 368 g/mol. The van der Waals surface area contributed by atoms with E-state index in [2.05, 4.69) is 14.1 Å². The molecule has 0 radical (unpaired) electrons. The van der Waals surface area contributed by atoms with Crippen LogP contribution in [-0.4, -0.2) is 13.9 Å². The number of hydrogen-bond acceptors (Lipinski definition) is 7. The van der Waals surface area contributed by atoms with E-state index in [1.807, 2.05) is 56.3 Å². The first-order valence-corrected chi connectivity index (χ1v) is 9.62. The number of nitrogens with one attached hydrogen (secondary N) is 1. The fraction of sp³-hybridized carbons (Fsp3) is 0.167. The zero-order valence-electron chi connectivity index (χ0n) is 14.2. The van der Waals surface area contributed by atoms with Crippen LogP contribution in [0.2, 0.25) is 0 Å². The average Bonchev–Trinajstić information content (AvgIpc) is 3.27. The van der Waals surface area contributed by atoms with Gasteiger partial charge in [0.05, 0.1) is 11.6 Å². The van der Waals surface area contributed by atoms with Gasteiger partial charge >= 0.3 is 5.76 Å². The zero-order chi connectivity index (χ0) is 18.1. The van der Waals surface area contributed by atoms with Crippen molar-refractivity contribution in [1.29, 1.82) is 0 Å². The third-order valence-electron chi connectivity index (χ3n) is 4.19. The summed E-state index contributed by atoms with van der Waals surface area (Å²) in [6, 6.07) is 13.7. The highest BCUT2D eigenvalue weighted by Crippen LogP contribution is 2.30. The fourth-order valence-corrected chi connectivity index (χ4v) is 4.04. The van der Waals surface area contributed by atoms with E-state index in [-0.39, 0.29) is 11.8 Å². The summed E-state index contributed by atoms with van der Waals surface area (Å²) in [6.45, 7) is 4.01. The molecule has 0 spiro atoms. The van der Waals surface area contributed by atoms with Crippen LogP contribution in [-0.2, 0) is 0 Å². The summed E-state index contributed by atoms with van der Waals surface area (Å²) in [5.74, 6) is -0.352. The van der Waals surface area contributed by atoms with Gasteiger partial charge in [0.15, 0.2) is 5.58 Å². The summed E-state index contributed by atoms with van der Waals surface area (Å²) in [5, 5.41) is 0.728. The van der Waals surface area contributed by atoms with Crippen LogP contribution in [0, 0.1) is 6.92 Å². The molecule has 2 heterocycles. The number of nitrogens with zero attached hydrogens (tertiary/aromatic N) is 3. The number of hydrogen-bond donors (Lipinski definition) is 1. The van der Waals surface area contributed by atoms with Gasteiger partial charge in [-0.2, -0.15) is 4.37 Å². The van der Waals surface area contributed by atoms with Gasteiger partial charge in [-0.05, 0) is 49.1 Å². The molecule has 8 heteroatoms. The van der Waals surface area contributed by atoms with Crippen LogP contribution in [0.3, 0.4) is 0 Å². The topological polar surface area (TPSA) is 73.0 Å². The molecule has 1 atom stereocenters. The number of aryl methyl sites for hydroxylation is 1. The summed E-state index contributed by atoms with van der Waals surface area (Å²) >= 11 is 2.72. The Bertz CT molecular complexity index is 1090. The second-order valence-electron chi connectivity index (χ2n) is 5.86. The van der Waals surface area contributed by atoms with Gasteiger partial charge in [-0.25, -0.2) is 9.78 Å². The summed E-state index contributed by atoms with van der Waals surface area (Å²) in [7, 11) is 0. The second kappa shape index (κ2) is 6.97.